The molecule has 2 rings (SSSR count). The fourth-order valence-electron chi connectivity index (χ4n) is 3.18. The second-order valence-corrected chi connectivity index (χ2v) is 6.21. The van der Waals surface area contributed by atoms with Gasteiger partial charge in [0.25, 0.3) is 0 Å². The predicted molar refractivity (Wildman–Crippen MR) is 88.9 cm³/mol. The quantitative estimate of drug-likeness (QED) is 0.776. The van der Waals surface area contributed by atoms with Crippen LogP contribution in [0.4, 0.5) is 5.69 Å². The Balaban J connectivity index is 2.03. The third-order valence-corrected chi connectivity index (χ3v) is 4.37. The minimum Gasteiger partial charge on any atom is -0.383 e. The minimum absolute atomic E-state index is 0.638. The smallest absolute Gasteiger partial charge is 0.0587 e. The Labute approximate surface area is 129 Å². The van der Waals surface area contributed by atoms with Gasteiger partial charge >= 0.3 is 0 Å². The number of hydrogen-bond acceptors (Lipinski definition) is 4. The van der Waals surface area contributed by atoms with Crippen molar-refractivity contribution in [2.24, 2.45) is 5.92 Å². The van der Waals surface area contributed by atoms with Gasteiger partial charge in [0.05, 0.1) is 6.61 Å². The number of methoxy groups -OCH3 is 1. The molecule has 1 aliphatic heterocycles. The van der Waals surface area contributed by atoms with Gasteiger partial charge in [0.2, 0.25) is 0 Å². The number of nitrogens with one attached hydrogen (secondary N) is 1. The van der Waals surface area contributed by atoms with Crippen LogP contribution < -0.4 is 10.2 Å². The molecule has 1 aromatic rings. The first-order valence-corrected chi connectivity index (χ1v) is 7.82. The summed E-state index contributed by atoms with van der Waals surface area (Å²) in [5, 5.41) is 3.45. The highest BCUT2D eigenvalue weighted by Gasteiger charge is 2.31. The van der Waals surface area contributed by atoms with Gasteiger partial charge < -0.3 is 19.9 Å². The van der Waals surface area contributed by atoms with E-state index in [9.17, 15) is 0 Å². The first-order chi connectivity index (χ1) is 10.1. The molecule has 1 saturated heterocycles. The zero-order valence-corrected chi connectivity index (χ0v) is 13.8. The lowest BCUT2D eigenvalue weighted by Crippen LogP contribution is -2.34. The number of likely N-dealkylation sites (N-methyl/N-ethyl adjacent to an activating group) is 1. The topological polar surface area (TPSA) is 27.7 Å². The van der Waals surface area contributed by atoms with E-state index in [1.807, 2.05) is 0 Å². The molecular formula is C17H29N3O. The van der Waals surface area contributed by atoms with Crippen molar-refractivity contribution in [1.82, 2.24) is 10.2 Å². The molecule has 1 aliphatic rings. The first-order valence-electron chi connectivity index (χ1n) is 7.82. The molecule has 1 heterocycles. The van der Waals surface area contributed by atoms with Crippen LogP contribution in [0.3, 0.4) is 0 Å². The fraction of sp³-hybridized carbons (Fsp3) is 0.647. The van der Waals surface area contributed by atoms with Crippen molar-refractivity contribution in [2.75, 3.05) is 52.3 Å². The normalized spacial score (nSPS) is 22.2. The maximum atomic E-state index is 5.09. The minimum atomic E-state index is 0.638. The molecule has 0 radical (unpaired) electrons. The van der Waals surface area contributed by atoms with Crippen LogP contribution in [0, 0.1) is 5.92 Å². The molecule has 21 heavy (non-hydrogen) atoms. The summed E-state index contributed by atoms with van der Waals surface area (Å²) < 4.78 is 5.09. The number of rotatable bonds is 7. The maximum Gasteiger partial charge on any atom is 0.0587 e. The Bertz CT molecular complexity index is 436. The van der Waals surface area contributed by atoms with Crippen molar-refractivity contribution in [2.45, 2.75) is 19.5 Å². The van der Waals surface area contributed by atoms with E-state index in [4.69, 9.17) is 4.74 Å². The number of para-hydroxylation sites is 1. The summed E-state index contributed by atoms with van der Waals surface area (Å²) in [6, 6.07) is 9.38. The molecule has 4 nitrogen and oxygen atoms in total. The largest absolute Gasteiger partial charge is 0.383 e. The van der Waals surface area contributed by atoms with Crippen LogP contribution in [-0.2, 0) is 11.3 Å². The number of ether oxygens (including phenoxy) is 1. The molecule has 1 aromatic carbocycles. The standard InChI is InChI=1S/C17H29N3O/c1-14-12-20(13-17(14)19(2)3)16-8-6-5-7-15(16)11-18-9-10-21-4/h5-8,14,17-18H,9-13H2,1-4H3. The Hall–Kier alpha value is -1.10. The summed E-state index contributed by atoms with van der Waals surface area (Å²) in [7, 11) is 6.11. The van der Waals surface area contributed by atoms with Crippen molar-refractivity contribution in [3.63, 3.8) is 0 Å². The van der Waals surface area contributed by atoms with E-state index in [0.29, 0.717) is 12.0 Å². The van der Waals surface area contributed by atoms with Crippen molar-refractivity contribution < 1.29 is 4.74 Å². The molecular weight excluding hydrogens is 262 g/mol. The zero-order chi connectivity index (χ0) is 15.2. The highest BCUT2D eigenvalue weighted by atomic mass is 16.5. The summed E-state index contributed by atoms with van der Waals surface area (Å²) in [6.45, 7) is 7.15. The number of nitrogens with zero attached hydrogens (tertiary/aromatic N) is 2. The van der Waals surface area contributed by atoms with Crippen LogP contribution in [0.2, 0.25) is 0 Å². The molecule has 1 N–H and O–H groups in total. The van der Waals surface area contributed by atoms with E-state index >= 15 is 0 Å². The summed E-state index contributed by atoms with van der Waals surface area (Å²) in [4.78, 5) is 4.88. The lowest BCUT2D eigenvalue weighted by molar-refractivity contribution is 0.199. The van der Waals surface area contributed by atoms with Gasteiger partial charge in [0.15, 0.2) is 0 Å². The molecule has 0 aliphatic carbocycles. The summed E-state index contributed by atoms with van der Waals surface area (Å²) >= 11 is 0. The molecule has 4 heteroatoms. The summed E-state index contributed by atoms with van der Waals surface area (Å²) in [5.74, 6) is 0.703. The lowest BCUT2D eigenvalue weighted by Gasteiger charge is -2.24. The van der Waals surface area contributed by atoms with E-state index in [0.717, 1.165) is 32.8 Å². The van der Waals surface area contributed by atoms with Gasteiger partial charge in [-0.2, -0.15) is 0 Å². The van der Waals surface area contributed by atoms with Crippen molar-refractivity contribution >= 4 is 5.69 Å². The van der Waals surface area contributed by atoms with Gasteiger partial charge in [-0.15, -0.1) is 0 Å². The Morgan fingerprint density at radius 1 is 1.29 bits per heavy atom. The average Bonchev–Trinajstić information content (AvgIpc) is 2.86. The molecule has 2 unspecified atom stereocenters. The maximum absolute atomic E-state index is 5.09. The third kappa shape index (κ3) is 4.19. The van der Waals surface area contributed by atoms with E-state index < -0.39 is 0 Å². The molecule has 118 valence electrons. The Morgan fingerprint density at radius 2 is 2.05 bits per heavy atom. The third-order valence-electron chi connectivity index (χ3n) is 4.37. The van der Waals surface area contributed by atoms with Gasteiger partial charge in [0, 0.05) is 45.0 Å². The molecule has 0 saturated carbocycles. The van der Waals surface area contributed by atoms with E-state index in [-0.39, 0.29) is 0 Å². The molecule has 0 amide bonds. The van der Waals surface area contributed by atoms with Crippen LogP contribution in [0.1, 0.15) is 12.5 Å². The van der Waals surface area contributed by atoms with Crippen LogP contribution in [-0.4, -0.2) is 58.4 Å². The van der Waals surface area contributed by atoms with Gasteiger partial charge in [-0.1, -0.05) is 25.1 Å². The van der Waals surface area contributed by atoms with Crippen LogP contribution in [0.25, 0.3) is 0 Å². The van der Waals surface area contributed by atoms with Crippen molar-refractivity contribution in [3.8, 4) is 0 Å². The van der Waals surface area contributed by atoms with Crippen molar-refractivity contribution in [3.05, 3.63) is 29.8 Å². The second-order valence-electron chi connectivity index (χ2n) is 6.21. The monoisotopic (exact) mass is 291 g/mol. The summed E-state index contributed by atoms with van der Waals surface area (Å²) in [6.07, 6.45) is 0. The van der Waals surface area contributed by atoms with Crippen LogP contribution in [0.15, 0.2) is 24.3 Å². The van der Waals surface area contributed by atoms with Crippen molar-refractivity contribution in [1.29, 1.82) is 0 Å². The second kappa shape index (κ2) is 7.78. The van der Waals surface area contributed by atoms with Crippen LogP contribution in [0.5, 0.6) is 0 Å². The van der Waals surface area contributed by atoms with Gasteiger partial charge in [-0.05, 0) is 31.6 Å². The Kier molecular flexibility index (Phi) is 6.03. The highest BCUT2D eigenvalue weighted by molar-refractivity contribution is 5.54. The SMILES string of the molecule is COCCNCc1ccccc1N1CC(C)C(N(C)C)C1. The van der Waals surface area contributed by atoms with Gasteiger partial charge in [0.1, 0.15) is 0 Å². The van der Waals surface area contributed by atoms with Crippen LogP contribution >= 0.6 is 0 Å². The molecule has 0 spiro atoms. The zero-order valence-electron chi connectivity index (χ0n) is 13.8. The molecule has 0 aromatic heterocycles. The lowest BCUT2D eigenvalue weighted by atomic mass is 10.1. The number of benzene rings is 1. The molecule has 0 bridgehead atoms. The number of anilines is 1. The van der Waals surface area contributed by atoms with E-state index in [1.165, 1.54) is 11.3 Å². The van der Waals surface area contributed by atoms with E-state index in [2.05, 4.69) is 60.4 Å². The Morgan fingerprint density at radius 3 is 2.71 bits per heavy atom. The summed E-state index contributed by atoms with van der Waals surface area (Å²) in [5.41, 5.74) is 2.75. The molecule has 1 fully saturated rings. The van der Waals surface area contributed by atoms with Gasteiger partial charge in [-0.25, -0.2) is 0 Å². The van der Waals surface area contributed by atoms with Gasteiger partial charge in [-0.3, -0.25) is 0 Å². The average molecular weight is 291 g/mol. The first kappa shape index (κ1) is 16.3. The van der Waals surface area contributed by atoms with E-state index in [1.54, 1.807) is 7.11 Å². The fourth-order valence-corrected chi connectivity index (χ4v) is 3.18. The predicted octanol–water partition coefficient (Wildman–Crippen LogP) is 1.81. The highest BCUT2D eigenvalue weighted by Crippen LogP contribution is 2.28. The number of hydrogen-bond donors (Lipinski definition) is 1. The molecule has 2 atom stereocenters.